The fourth-order valence-corrected chi connectivity index (χ4v) is 5.28. The largest absolute Gasteiger partial charge is 0.456 e. The second-order valence-electron chi connectivity index (χ2n) is 9.44. The van der Waals surface area contributed by atoms with E-state index in [4.69, 9.17) is 45.4 Å². The fourth-order valence-electron chi connectivity index (χ4n) is 5.04. The minimum atomic E-state index is -0.634. The molecule has 2 aliphatic rings. The zero-order chi connectivity index (χ0) is 26.1. The van der Waals surface area contributed by atoms with Crippen LogP contribution in [-0.4, -0.2) is 94.4 Å². The summed E-state index contributed by atoms with van der Waals surface area (Å²) in [6.07, 6.45) is -0.406. The summed E-state index contributed by atoms with van der Waals surface area (Å²) < 4.78 is 29.9. The third-order valence-electron chi connectivity index (χ3n) is 6.93. The van der Waals surface area contributed by atoms with Gasteiger partial charge in [-0.15, -0.1) is 0 Å². The maximum absolute atomic E-state index is 9.95. The Morgan fingerprint density at radius 2 is 1.92 bits per heavy atom. The van der Waals surface area contributed by atoms with Crippen LogP contribution in [0.4, 0.5) is 0 Å². The highest BCUT2D eigenvalue weighted by molar-refractivity contribution is 6.31. The van der Waals surface area contributed by atoms with Crippen molar-refractivity contribution in [3.05, 3.63) is 46.7 Å². The lowest BCUT2D eigenvalue weighted by Gasteiger charge is -2.15. The summed E-state index contributed by atoms with van der Waals surface area (Å²) in [7, 11) is 1.66. The second-order valence-corrected chi connectivity index (χ2v) is 9.85. The highest BCUT2D eigenvalue weighted by Gasteiger charge is 2.48. The number of aliphatic hydroxyl groups excluding tert-OH is 1. The van der Waals surface area contributed by atoms with Gasteiger partial charge >= 0.3 is 0 Å². The predicted molar refractivity (Wildman–Crippen MR) is 139 cm³/mol. The Labute approximate surface area is 224 Å². The topological polar surface area (TPSA) is 126 Å². The smallest absolute Gasteiger partial charge is 0.296 e. The number of hydrogen-bond donors (Lipinski definition) is 2. The van der Waals surface area contributed by atoms with Gasteiger partial charge in [-0.2, -0.15) is 10.1 Å². The average Bonchev–Trinajstić information content (AvgIpc) is 3.68. The molecule has 4 aromatic rings. The van der Waals surface area contributed by atoms with Gasteiger partial charge in [0, 0.05) is 12.5 Å². The molecule has 1 aromatic carbocycles. The molecular weight excluding hydrogens is 514 g/mol. The van der Waals surface area contributed by atoms with Crippen LogP contribution in [0.2, 0.25) is 5.02 Å². The summed E-state index contributed by atoms with van der Waals surface area (Å²) in [6.45, 7) is 2.91. The first kappa shape index (κ1) is 25.5. The van der Waals surface area contributed by atoms with Gasteiger partial charge in [-0.3, -0.25) is 4.68 Å². The van der Waals surface area contributed by atoms with Crippen LogP contribution < -0.4 is 4.74 Å². The van der Waals surface area contributed by atoms with Crippen molar-refractivity contribution in [3.8, 4) is 6.01 Å². The molecule has 0 amide bonds. The maximum atomic E-state index is 9.95. The second kappa shape index (κ2) is 11.1. The number of nitrogens with one attached hydrogen (secondary N) is 1. The molecule has 202 valence electrons. The number of aromatic nitrogens is 5. The SMILES string of the molecule is COCCOCCn1nc(CCc2nc3nc(O[C@@H]4CO[C@H]5[C@@H]4OC[C@H]5O)[nH]c3cc2Cl)c2ccccc21. The molecule has 0 spiro atoms. The number of ether oxygens (including phenoxy) is 5. The number of hydrogen-bond acceptors (Lipinski definition) is 9. The zero-order valence-corrected chi connectivity index (χ0v) is 21.8. The van der Waals surface area contributed by atoms with E-state index >= 15 is 0 Å². The maximum Gasteiger partial charge on any atom is 0.296 e. The fraction of sp³-hybridized carbons (Fsp3) is 0.500. The molecule has 3 aromatic heterocycles. The van der Waals surface area contributed by atoms with Gasteiger partial charge in [-0.1, -0.05) is 29.8 Å². The molecule has 6 rings (SSSR count). The molecule has 2 saturated heterocycles. The first-order valence-corrected chi connectivity index (χ1v) is 13.1. The van der Waals surface area contributed by atoms with Crippen LogP contribution >= 0.6 is 11.6 Å². The lowest BCUT2D eigenvalue weighted by molar-refractivity contribution is 0.00706. The highest BCUT2D eigenvalue weighted by Crippen LogP contribution is 2.30. The number of imidazole rings is 1. The predicted octanol–water partition coefficient (Wildman–Crippen LogP) is 2.32. The third kappa shape index (κ3) is 5.09. The Morgan fingerprint density at radius 3 is 2.82 bits per heavy atom. The van der Waals surface area contributed by atoms with Crippen LogP contribution in [0.5, 0.6) is 6.01 Å². The molecule has 0 aliphatic carbocycles. The van der Waals surface area contributed by atoms with E-state index in [1.807, 2.05) is 22.9 Å². The van der Waals surface area contributed by atoms with Gasteiger partial charge in [0.25, 0.3) is 6.01 Å². The first-order valence-electron chi connectivity index (χ1n) is 12.7. The van der Waals surface area contributed by atoms with Gasteiger partial charge in [-0.05, 0) is 25.0 Å². The van der Waals surface area contributed by atoms with Crippen LogP contribution in [0.15, 0.2) is 30.3 Å². The van der Waals surface area contributed by atoms with Gasteiger partial charge in [0.05, 0.1) is 67.0 Å². The number of rotatable bonds is 11. The molecule has 0 unspecified atom stereocenters. The summed E-state index contributed by atoms with van der Waals surface area (Å²) in [5, 5.41) is 16.5. The molecule has 4 atom stereocenters. The molecule has 38 heavy (non-hydrogen) atoms. The van der Waals surface area contributed by atoms with E-state index in [0.29, 0.717) is 68.0 Å². The molecule has 0 radical (unpaired) electrons. The number of pyridine rings is 1. The first-order chi connectivity index (χ1) is 18.6. The number of aryl methyl sites for hydroxylation is 2. The van der Waals surface area contributed by atoms with Gasteiger partial charge in [-0.25, -0.2) is 4.98 Å². The Balaban J connectivity index is 1.14. The van der Waals surface area contributed by atoms with E-state index in [2.05, 4.69) is 22.1 Å². The quantitative estimate of drug-likeness (QED) is 0.274. The Hall–Kier alpha value is -2.80. The van der Waals surface area contributed by atoms with Gasteiger partial charge < -0.3 is 33.8 Å². The van der Waals surface area contributed by atoms with Crippen molar-refractivity contribution >= 4 is 33.7 Å². The Kier molecular flexibility index (Phi) is 7.46. The molecular formula is C26H30ClN5O6. The van der Waals surface area contributed by atoms with Gasteiger partial charge in [0.1, 0.15) is 18.3 Å². The number of aliphatic hydroxyl groups is 1. The molecule has 0 saturated carbocycles. The zero-order valence-electron chi connectivity index (χ0n) is 21.0. The molecule has 11 nitrogen and oxygen atoms in total. The number of halogens is 1. The Bertz CT molecular complexity index is 1410. The summed E-state index contributed by atoms with van der Waals surface area (Å²) in [4.78, 5) is 12.3. The van der Waals surface area contributed by atoms with Gasteiger partial charge in [0.15, 0.2) is 11.8 Å². The summed E-state index contributed by atoms with van der Waals surface area (Å²) in [5.74, 6) is 0. The van der Waals surface area contributed by atoms with Crippen molar-refractivity contribution in [1.29, 1.82) is 0 Å². The van der Waals surface area contributed by atoms with E-state index < -0.39 is 6.10 Å². The summed E-state index contributed by atoms with van der Waals surface area (Å²) in [6, 6.07) is 10.3. The molecule has 2 fully saturated rings. The highest BCUT2D eigenvalue weighted by atomic mass is 35.5. The van der Waals surface area contributed by atoms with Crippen LogP contribution in [0.1, 0.15) is 11.4 Å². The van der Waals surface area contributed by atoms with E-state index in [1.54, 1.807) is 7.11 Å². The van der Waals surface area contributed by atoms with Crippen molar-refractivity contribution in [1.82, 2.24) is 24.7 Å². The van der Waals surface area contributed by atoms with Crippen molar-refractivity contribution < 1.29 is 28.8 Å². The molecule has 5 heterocycles. The monoisotopic (exact) mass is 543 g/mol. The number of benzene rings is 1. The molecule has 12 heteroatoms. The van der Waals surface area contributed by atoms with Crippen molar-refractivity contribution in [2.75, 3.05) is 40.1 Å². The number of para-hydroxylation sites is 1. The van der Waals surface area contributed by atoms with E-state index in [0.717, 1.165) is 22.3 Å². The number of H-pyrrole nitrogens is 1. The van der Waals surface area contributed by atoms with E-state index in [9.17, 15) is 5.11 Å². The van der Waals surface area contributed by atoms with Crippen molar-refractivity contribution in [3.63, 3.8) is 0 Å². The van der Waals surface area contributed by atoms with Crippen molar-refractivity contribution in [2.45, 2.75) is 43.8 Å². The molecule has 2 N–H and O–H groups in total. The molecule has 0 bridgehead atoms. The average molecular weight is 544 g/mol. The van der Waals surface area contributed by atoms with E-state index in [-0.39, 0.29) is 24.9 Å². The number of fused-ring (bicyclic) bond motifs is 3. The minimum absolute atomic E-state index is 0.242. The standard InChI is InChI=1S/C26H30ClN5O6/c1-34-10-11-35-9-8-32-20-5-3-2-4-15(20)17(31-32)6-7-18-16(27)12-19-25(28-18)30-26(29-19)38-22-14-37-23-21(33)13-36-24(22)23/h2-5,12,21-24,33H,6-11,13-14H2,1H3,(H,28,29,30)/t21-,22-,23-,24-/m1/s1. The lowest BCUT2D eigenvalue weighted by Crippen LogP contribution is -2.34. The van der Waals surface area contributed by atoms with E-state index in [1.165, 1.54) is 0 Å². The lowest BCUT2D eigenvalue weighted by atomic mass is 10.1. The molecule has 2 aliphatic heterocycles. The van der Waals surface area contributed by atoms with Crippen LogP contribution in [0.3, 0.4) is 0 Å². The third-order valence-corrected chi connectivity index (χ3v) is 7.26. The van der Waals surface area contributed by atoms with Crippen LogP contribution in [0.25, 0.3) is 22.1 Å². The normalized spacial score (nSPS) is 23.0. The van der Waals surface area contributed by atoms with Gasteiger partial charge in [0.2, 0.25) is 0 Å². The van der Waals surface area contributed by atoms with Crippen LogP contribution in [-0.2, 0) is 38.3 Å². The van der Waals surface area contributed by atoms with Crippen LogP contribution in [0, 0.1) is 0 Å². The number of methoxy groups -OCH3 is 1. The number of nitrogens with zero attached hydrogens (tertiary/aromatic N) is 4. The number of aromatic amines is 1. The summed E-state index contributed by atoms with van der Waals surface area (Å²) in [5.41, 5.74) is 3.99. The van der Waals surface area contributed by atoms with Crippen molar-refractivity contribution in [2.24, 2.45) is 0 Å². The Morgan fingerprint density at radius 1 is 1.08 bits per heavy atom. The minimum Gasteiger partial charge on any atom is -0.456 e. The summed E-state index contributed by atoms with van der Waals surface area (Å²) >= 11 is 6.60.